The van der Waals surface area contributed by atoms with Gasteiger partial charge in [-0.15, -0.1) is 17.0 Å². The van der Waals surface area contributed by atoms with Gasteiger partial charge in [0, 0.05) is 43.1 Å². The normalized spacial score (nSPS) is 14.6. The van der Waals surface area contributed by atoms with Gasteiger partial charge >= 0.3 is 5.97 Å². The number of hydrogen-bond donors (Lipinski definition) is 1. The minimum absolute atomic E-state index is 0. The van der Waals surface area contributed by atoms with Gasteiger partial charge in [0.25, 0.3) is 0 Å². The number of esters is 1. The number of ether oxygens (including phenoxy) is 4. The Labute approximate surface area is 293 Å². The number of nitrogens with one attached hydrogen (secondary N) is 1. The number of benzene rings is 2. The minimum Gasteiger partial charge on any atom is -0.491 e. The summed E-state index contributed by atoms with van der Waals surface area (Å²) >= 11 is 0. The van der Waals surface area contributed by atoms with Crippen LogP contribution in [0.2, 0.25) is 0 Å². The number of carbonyl (C=O) groups is 2. The zero-order valence-electron chi connectivity index (χ0n) is 28.9. The average Bonchev–Trinajstić information content (AvgIpc) is 3.34. The number of Topliss-reactive ketones (excluding diaryl/α,β-unsaturated/α-hetero) is 1. The first-order valence-electron chi connectivity index (χ1n) is 16.5. The number of halogens is 2. The van der Waals surface area contributed by atoms with Gasteiger partial charge < -0.3 is 28.7 Å². The molecule has 0 bridgehead atoms. The predicted molar refractivity (Wildman–Crippen MR) is 188 cm³/mol. The molecule has 0 saturated carbocycles. The molecule has 0 radical (unpaired) electrons. The number of rotatable bonds is 14. The summed E-state index contributed by atoms with van der Waals surface area (Å²) in [7, 11) is 0. The fourth-order valence-electron chi connectivity index (χ4n) is 6.01. The highest BCUT2D eigenvalue weighted by Crippen LogP contribution is 2.43. The quantitative estimate of drug-likeness (QED) is 0.124. The number of carbonyl (C=O) groups excluding carboxylic acids is 2. The summed E-state index contributed by atoms with van der Waals surface area (Å²) in [6.45, 7) is 14.0. The van der Waals surface area contributed by atoms with E-state index < -0.39 is 11.2 Å². The highest BCUT2D eigenvalue weighted by Gasteiger charge is 2.34. The molecule has 0 atom stereocenters. The van der Waals surface area contributed by atoms with E-state index in [2.05, 4.69) is 31.7 Å². The molecule has 12 heteroatoms. The highest BCUT2D eigenvalue weighted by atomic mass is 79.9. The molecule has 1 N–H and O–H groups in total. The van der Waals surface area contributed by atoms with Gasteiger partial charge in [-0.05, 0) is 69.2 Å². The molecule has 2 aromatic carbocycles. The van der Waals surface area contributed by atoms with E-state index in [-0.39, 0.29) is 83.7 Å². The molecule has 1 fully saturated rings. The van der Waals surface area contributed by atoms with Crippen molar-refractivity contribution in [3.63, 3.8) is 0 Å². The number of amidine groups is 1. The zero-order chi connectivity index (χ0) is 34.3. The molecule has 2 aliphatic rings. The number of nitriles is 1. The van der Waals surface area contributed by atoms with E-state index >= 15 is 4.39 Å². The van der Waals surface area contributed by atoms with E-state index in [0.717, 1.165) is 11.3 Å². The van der Waals surface area contributed by atoms with Crippen LogP contribution in [0.25, 0.3) is 0 Å². The minimum atomic E-state index is -0.657. The Morgan fingerprint density at radius 3 is 2.31 bits per heavy atom. The van der Waals surface area contributed by atoms with Crippen LogP contribution in [0.5, 0.6) is 17.2 Å². The molecule has 0 aliphatic carbocycles. The standard InChI is InChI=1S/C36H47FN4O6.BrH/c1-7-44-29-19-25-21-41(35(39)31(25)32(37)34(29)46-9-3)22-28(42)24-17-26(36(4,5)6)33(47-16-10-11-30(43)45-8-2)27(18-24)40-14-12-23(20-38)13-15-40;/h17-19,23,39H,7-16,21-22H2,1-6H3;1H. The Balaban J connectivity index is 0.00000625. The van der Waals surface area contributed by atoms with Crippen LogP contribution in [0, 0.1) is 28.5 Å². The van der Waals surface area contributed by atoms with E-state index in [0.29, 0.717) is 69.0 Å². The van der Waals surface area contributed by atoms with E-state index in [4.69, 9.17) is 24.4 Å². The Hall–Kier alpha value is -3.85. The Morgan fingerprint density at radius 2 is 1.71 bits per heavy atom. The second kappa shape index (κ2) is 17.0. The van der Waals surface area contributed by atoms with Crippen LogP contribution >= 0.6 is 17.0 Å². The Bertz CT molecular complexity index is 1530. The van der Waals surface area contributed by atoms with Crippen molar-refractivity contribution in [2.75, 3.05) is 51.0 Å². The van der Waals surface area contributed by atoms with Crippen molar-refractivity contribution >= 4 is 40.3 Å². The maximum atomic E-state index is 15.7. The lowest BCUT2D eigenvalue weighted by molar-refractivity contribution is -0.143. The van der Waals surface area contributed by atoms with Crippen molar-refractivity contribution in [3.8, 4) is 23.3 Å². The molecule has 0 amide bonds. The summed E-state index contributed by atoms with van der Waals surface area (Å²) in [6, 6.07) is 7.75. The maximum Gasteiger partial charge on any atom is 0.305 e. The highest BCUT2D eigenvalue weighted by molar-refractivity contribution is 8.93. The van der Waals surface area contributed by atoms with Crippen LogP contribution in [-0.4, -0.2) is 68.5 Å². The van der Waals surface area contributed by atoms with Crippen LogP contribution in [0.1, 0.15) is 94.3 Å². The van der Waals surface area contributed by atoms with Crippen molar-refractivity contribution in [1.29, 1.82) is 10.7 Å². The first kappa shape index (κ1) is 38.6. The van der Waals surface area contributed by atoms with E-state index in [1.54, 1.807) is 31.7 Å². The van der Waals surface area contributed by atoms with Crippen molar-refractivity contribution in [2.24, 2.45) is 5.92 Å². The van der Waals surface area contributed by atoms with Gasteiger partial charge in [0.1, 0.15) is 11.6 Å². The molecule has 48 heavy (non-hydrogen) atoms. The van der Waals surface area contributed by atoms with Crippen LogP contribution in [0.15, 0.2) is 18.2 Å². The van der Waals surface area contributed by atoms with Crippen LogP contribution in [0.3, 0.4) is 0 Å². The van der Waals surface area contributed by atoms with Gasteiger partial charge in [-0.1, -0.05) is 20.8 Å². The van der Waals surface area contributed by atoms with Gasteiger partial charge in [-0.3, -0.25) is 15.0 Å². The lowest BCUT2D eigenvalue weighted by atomic mass is 9.84. The largest absolute Gasteiger partial charge is 0.491 e. The molecule has 2 aliphatic heterocycles. The molecule has 2 heterocycles. The monoisotopic (exact) mass is 730 g/mol. The number of ketones is 1. The van der Waals surface area contributed by atoms with E-state index in [1.165, 1.54) is 0 Å². The summed E-state index contributed by atoms with van der Waals surface area (Å²) in [5.41, 5.74) is 2.34. The Kier molecular flexibility index (Phi) is 13.7. The third-order valence-electron chi connectivity index (χ3n) is 8.40. The molecule has 0 unspecified atom stereocenters. The predicted octanol–water partition coefficient (Wildman–Crippen LogP) is 6.98. The summed E-state index contributed by atoms with van der Waals surface area (Å²) in [6.07, 6.45) is 2.11. The number of piperidine rings is 1. The van der Waals surface area contributed by atoms with E-state index in [9.17, 15) is 14.9 Å². The molecular weight excluding hydrogens is 683 g/mol. The van der Waals surface area contributed by atoms with Gasteiger partial charge in [-0.2, -0.15) is 5.26 Å². The van der Waals surface area contributed by atoms with Gasteiger partial charge in [-0.25, -0.2) is 4.39 Å². The first-order chi connectivity index (χ1) is 22.4. The lowest BCUT2D eigenvalue weighted by Gasteiger charge is -2.35. The second-order valence-corrected chi connectivity index (χ2v) is 12.8. The van der Waals surface area contributed by atoms with Gasteiger partial charge in [0.15, 0.2) is 23.1 Å². The van der Waals surface area contributed by atoms with Crippen LogP contribution in [0.4, 0.5) is 10.1 Å². The van der Waals surface area contributed by atoms with Crippen molar-refractivity contribution in [3.05, 3.63) is 46.3 Å². The van der Waals surface area contributed by atoms with Crippen LogP contribution < -0.4 is 19.1 Å². The summed E-state index contributed by atoms with van der Waals surface area (Å²) in [5, 5.41) is 18.3. The fourth-order valence-corrected chi connectivity index (χ4v) is 6.01. The molecule has 10 nitrogen and oxygen atoms in total. The third kappa shape index (κ3) is 8.78. The van der Waals surface area contributed by atoms with Crippen molar-refractivity contribution in [2.45, 2.75) is 79.2 Å². The van der Waals surface area contributed by atoms with Gasteiger partial charge in [0.2, 0.25) is 0 Å². The van der Waals surface area contributed by atoms with E-state index in [1.807, 2.05) is 12.1 Å². The molecule has 262 valence electrons. The zero-order valence-corrected chi connectivity index (χ0v) is 30.6. The molecule has 0 aromatic heterocycles. The van der Waals surface area contributed by atoms with Crippen LogP contribution in [-0.2, 0) is 21.5 Å². The SMILES string of the molecule is Br.CCOC(=O)CCCOc1c(N2CCC(C#N)CC2)cc(C(=O)CN2Cc3cc(OCC)c(OCC)c(F)c3C2=N)cc1C(C)(C)C. The molecule has 1 saturated heterocycles. The lowest BCUT2D eigenvalue weighted by Crippen LogP contribution is -2.34. The number of nitrogens with zero attached hydrogens (tertiary/aromatic N) is 3. The summed E-state index contributed by atoms with van der Waals surface area (Å²) < 4.78 is 38.3. The molecule has 2 aromatic rings. The fraction of sp³-hybridized carbons (Fsp3) is 0.556. The molecule has 4 rings (SSSR count). The average molecular weight is 732 g/mol. The number of fused-ring (bicyclic) bond motifs is 1. The smallest absolute Gasteiger partial charge is 0.305 e. The Morgan fingerprint density at radius 1 is 1.02 bits per heavy atom. The molecule has 0 spiro atoms. The third-order valence-corrected chi connectivity index (χ3v) is 8.40. The number of hydrogen-bond acceptors (Lipinski definition) is 9. The maximum absolute atomic E-state index is 15.7. The summed E-state index contributed by atoms with van der Waals surface area (Å²) in [5.74, 6) is -0.338. The second-order valence-electron chi connectivity index (χ2n) is 12.8. The molecular formula is C36H48BrFN4O6. The number of anilines is 1. The van der Waals surface area contributed by atoms with Gasteiger partial charge in [0.05, 0.1) is 50.3 Å². The van der Waals surface area contributed by atoms with Crippen molar-refractivity contribution in [1.82, 2.24) is 4.90 Å². The topological polar surface area (TPSA) is 125 Å². The summed E-state index contributed by atoms with van der Waals surface area (Å²) in [4.78, 5) is 29.7. The van der Waals surface area contributed by atoms with Crippen molar-refractivity contribution < 1.29 is 32.9 Å². The first-order valence-corrected chi connectivity index (χ1v) is 16.5.